The molecule has 25 heavy (non-hydrogen) atoms. The van der Waals surface area contributed by atoms with Gasteiger partial charge < -0.3 is 14.8 Å². The summed E-state index contributed by atoms with van der Waals surface area (Å²) in [4.78, 5) is 12.2. The molecule has 1 amide bonds. The Morgan fingerprint density at radius 1 is 1.04 bits per heavy atom. The van der Waals surface area contributed by atoms with Crippen LogP contribution in [0.25, 0.3) is 0 Å². The number of benzene rings is 2. The molecule has 2 aromatic rings. The molecule has 0 atom stereocenters. The zero-order valence-corrected chi connectivity index (χ0v) is 14.6. The van der Waals surface area contributed by atoms with Crippen LogP contribution in [0.5, 0.6) is 5.75 Å². The third-order valence-electron chi connectivity index (χ3n) is 3.26. The number of ether oxygens (including phenoxy) is 2. The Balaban J connectivity index is 1.94. The standard InChI is InChI=1S/C17H20N2O5S/c1-2-23-11-12-24-15-7-3-13(4-8-15)17(20)19-14-5-9-16(10-6-14)25(18,21)22/h3-10H,2,11-12H2,1H3,(H,19,20)(H2,18,21,22). The van der Waals surface area contributed by atoms with Crippen LogP contribution < -0.4 is 15.2 Å². The van der Waals surface area contributed by atoms with Crippen molar-refractivity contribution in [1.82, 2.24) is 0 Å². The van der Waals surface area contributed by atoms with Crippen molar-refractivity contribution >= 4 is 21.6 Å². The fraction of sp³-hybridized carbons (Fsp3) is 0.235. The minimum Gasteiger partial charge on any atom is -0.491 e. The first-order chi connectivity index (χ1) is 11.9. The highest BCUT2D eigenvalue weighted by molar-refractivity contribution is 7.89. The van der Waals surface area contributed by atoms with Crippen molar-refractivity contribution in [3.63, 3.8) is 0 Å². The van der Waals surface area contributed by atoms with Gasteiger partial charge in [-0.05, 0) is 55.5 Å². The van der Waals surface area contributed by atoms with Crippen molar-refractivity contribution in [3.8, 4) is 5.75 Å². The molecule has 0 heterocycles. The molecule has 2 aromatic carbocycles. The van der Waals surface area contributed by atoms with E-state index in [9.17, 15) is 13.2 Å². The van der Waals surface area contributed by atoms with E-state index in [4.69, 9.17) is 14.6 Å². The number of primary sulfonamides is 1. The fourth-order valence-corrected chi connectivity index (χ4v) is 2.51. The Morgan fingerprint density at radius 2 is 1.68 bits per heavy atom. The summed E-state index contributed by atoms with van der Waals surface area (Å²) in [6, 6.07) is 12.3. The van der Waals surface area contributed by atoms with Gasteiger partial charge in [-0.3, -0.25) is 4.79 Å². The smallest absolute Gasteiger partial charge is 0.255 e. The summed E-state index contributed by atoms with van der Waals surface area (Å²) in [5.74, 6) is 0.331. The van der Waals surface area contributed by atoms with Crippen molar-refractivity contribution < 1.29 is 22.7 Å². The lowest BCUT2D eigenvalue weighted by Gasteiger charge is -2.08. The van der Waals surface area contributed by atoms with Crippen LogP contribution in [-0.4, -0.2) is 34.1 Å². The highest BCUT2D eigenvalue weighted by Crippen LogP contribution is 2.16. The van der Waals surface area contributed by atoms with Gasteiger partial charge in [0.2, 0.25) is 10.0 Å². The number of sulfonamides is 1. The molecule has 0 aliphatic carbocycles. The lowest BCUT2D eigenvalue weighted by atomic mass is 10.2. The van der Waals surface area contributed by atoms with Crippen LogP contribution in [0, 0.1) is 0 Å². The summed E-state index contributed by atoms with van der Waals surface area (Å²) in [6.07, 6.45) is 0. The molecule has 0 saturated heterocycles. The molecule has 2 rings (SSSR count). The Labute approximate surface area is 146 Å². The third kappa shape index (κ3) is 5.86. The molecule has 0 unspecified atom stereocenters. The van der Waals surface area contributed by atoms with Gasteiger partial charge in [-0.2, -0.15) is 0 Å². The average molecular weight is 364 g/mol. The van der Waals surface area contributed by atoms with Crippen molar-refractivity contribution in [3.05, 3.63) is 54.1 Å². The summed E-state index contributed by atoms with van der Waals surface area (Å²) >= 11 is 0. The number of rotatable bonds is 8. The summed E-state index contributed by atoms with van der Waals surface area (Å²) in [5.41, 5.74) is 0.919. The first kappa shape index (κ1) is 18.9. The second-order valence-electron chi connectivity index (χ2n) is 5.09. The van der Waals surface area contributed by atoms with E-state index in [1.54, 1.807) is 24.3 Å². The molecule has 0 aromatic heterocycles. The van der Waals surface area contributed by atoms with E-state index in [1.165, 1.54) is 24.3 Å². The number of nitrogens with one attached hydrogen (secondary N) is 1. The number of carbonyl (C=O) groups is 1. The van der Waals surface area contributed by atoms with Gasteiger partial charge in [0.05, 0.1) is 11.5 Å². The summed E-state index contributed by atoms with van der Waals surface area (Å²) < 4.78 is 33.1. The molecule has 0 aliphatic rings. The van der Waals surface area contributed by atoms with E-state index in [-0.39, 0.29) is 10.8 Å². The van der Waals surface area contributed by atoms with Crippen LogP contribution in [0.3, 0.4) is 0 Å². The lowest BCUT2D eigenvalue weighted by Crippen LogP contribution is -2.14. The maximum Gasteiger partial charge on any atom is 0.255 e. The van der Waals surface area contributed by atoms with Crippen LogP contribution in [0.4, 0.5) is 5.69 Å². The predicted molar refractivity (Wildman–Crippen MR) is 94.2 cm³/mol. The topological polar surface area (TPSA) is 108 Å². The zero-order chi connectivity index (χ0) is 18.3. The fourth-order valence-electron chi connectivity index (χ4n) is 2.00. The maximum atomic E-state index is 12.2. The first-order valence-electron chi connectivity index (χ1n) is 7.65. The normalized spacial score (nSPS) is 11.1. The van der Waals surface area contributed by atoms with Gasteiger partial charge in [0.25, 0.3) is 5.91 Å². The minimum atomic E-state index is -3.75. The number of anilines is 1. The van der Waals surface area contributed by atoms with E-state index < -0.39 is 10.0 Å². The second-order valence-corrected chi connectivity index (χ2v) is 6.65. The number of amides is 1. The van der Waals surface area contributed by atoms with Crippen molar-refractivity contribution in [2.45, 2.75) is 11.8 Å². The van der Waals surface area contributed by atoms with Crippen LogP contribution in [0.15, 0.2) is 53.4 Å². The number of hydrogen-bond donors (Lipinski definition) is 2. The maximum absolute atomic E-state index is 12.2. The van der Waals surface area contributed by atoms with E-state index in [0.717, 1.165) is 0 Å². The molecule has 0 saturated carbocycles. The van der Waals surface area contributed by atoms with Gasteiger partial charge in [0.1, 0.15) is 12.4 Å². The number of hydrogen-bond acceptors (Lipinski definition) is 5. The minimum absolute atomic E-state index is 0.0148. The Kier molecular flexibility index (Phi) is 6.51. The third-order valence-corrected chi connectivity index (χ3v) is 4.19. The van der Waals surface area contributed by atoms with Crippen LogP contribution in [0.1, 0.15) is 17.3 Å². The highest BCUT2D eigenvalue weighted by atomic mass is 32.2. The van der Waals surface area contributed by atoms with Crippen LogP contribution >= 0.6 is 0 Å². The van der Waals surface area contributed by atoms with Gasteiger partial charge in [-0.1, -0.05) is 0 Å². The largest absolute Gasteiger partial charge is 0.491 e. The molecule has 0 bridgehead atoms. The van der Waals surface area contributed by atoms with E-state index in [0.29, 0.717) is 36.8 Å². The Bertz CT molecular complexity index is 802. The summed E-state index contributed by atoms with van der Waals surface area (Å²) in [7, 11) is -3.75. The van der Waals surface area contributed by atoms with Gasteiger partial charge in [-0.15, -0.1) is 0 Å². The first-order valence-corrected chi connectivity index (χ1v) is 9.19. The molecule has 0 spiro atoms. The Hall–Kier alpha value is -2.42. The van der Waals surface area contributed by atoms with Crippen molar-refractivity contribution in [2.24, 2.45) is 5.14 Å². The molecule has 3 N–H and O–H groups in total. The summed E-state index contributed by atoms with van der Waals surface area (Å²) in [6.45, 7) is 3.50. The predicted octanol–water partition coefficient (Wildman–Crippen LogP) is 2.00. The average Bonchev–Trinajstić information content (AvgIpc) is 2.59. The number of carbonyl (C=O) groups excluding carboxylic acids is 1. The van der Waals surface area contributed by atoms with E-state index in [1.807, 2.05) is 6.92 Å². The van der Waals surface area contributed by atoms with E-state index in [2.05, 4.69) is 5.32 Å². The zero-order valence-electron chi connectivity index (χ0n) is 13.8. The molecule has 7 nitrogen and oxygen atoms in total. The molecular formula is C17H20N2O5S. The van der Waals surface area contributed by atoms with E-state index >= 15 is 0 Å². The van der Waals surface area contributed by atoms with Gasteiger partial charge in [-0.25, -0.2) is 13.6 Å². The lowest BCUT2D eigenvalue weighted by molar-refractivity contribution is 0.102. The van der Waals surface area contributed by atoms with Gasteiger partial charge in [0.15, 0.2) is 0 Å². The monoisotopic (exact) mass is 364 g/mol. The quantitative estimate of drug-likeness (QED) is 0.697. The molecule has 0 aliphatic heterocycles. The molecule has 8 heteroatoms. The highest BCUT2D eigenvalue weighted by Gasteiger charge is 2.09. The molecular weight excluding hydrogens is 344 g/mol. The Morgan fingerprint density at radius 3 is 2.24 bits per heavy atom. The van der Waals surface area contributed by atoms with Gasteiger partial charge in [0, 0.05) is 17.9 Å². The van der Waals surface area contributed by atoms with Crippen molar-refractivity contribution in [1.29, 1.82) is 0 Å². The summed E-state index contributed by atoms with van der Waals surface area (Å²) in [5, 5.41) is 7.71. The molecule has 0 radical (unpaired) electrons. The molecule has 0 fully saturated rings. The SMILES string of the molecule is CCOCCOc1ccc(C(=O)Nc2ccc(S(N)(=O)=O)cc2)cc1. The van der Waals surface area contributed by atoms with Crippen molar-refractivity contribution in [2.75, 3.05) is 25.1 Å². The molecule has 134 valence electrons. The van der Waals surface area contributed by atoms with Crippen LogP contribution in [0.2, 0.25) is 0 Å². The second kappa shape index (κ2) is 8.61. The van der Waals surface area contributed by atoms with Crippen LogP contribution in [-0.2, 0) is 14.8 Å². The van der Waals surface area contributed by atoms with Gasteiger partial charge >= 0.3 is 0 Å². The number of nitrogens with two attached hydrogens (primary N) is 1.